The Morgan fingerprint density at radius 1 is 1.26 bits per heavy atom. The highest BCUT2D eigenvalue weighted by molar-refractivity contribution is 5.52. The summed E-state index contributed by atoms with van der Waals surface area (Å²) in [4.78, 5) is 4.15. The van der Waals surface area contributed by atoms with Crippen molar-refractivity contribution in [2.75, 3.05) is 19.9 Å². The Labute approximate surface area is 113 Å². The van der Waals surface area contributed by atoms with E-state index in [9.17, 15) is 0 Å². The number of nitrogens with two attached hydrogens (primary N) is 1. The largest absolute Gasteiger partial charge is 0.496 e. The predicted octanol–water partition coefficient (Wildman–Crippen LogP) is 2.29. The highest BCUT2D eigenvalue weighted by Gasteiger charge is 2.18. The molecule has 0 saturated heterocycles. The van der Waals surface area contributed by atoms with Gasteiger partial charge in [-0.3, -0.25) is 4.98 Å². The van der Waals surface area contributed by atoms with Gasteiger partial charge in [-0.25, -0.2) is 0 Å². The molecule has 100 valence electrons. The first-order valence-corrected chi connectivity index (χ1v) is 6.18. The van der Waals surface area contributed by atoms with Crippen LogP contribution >= 0.6 is 0 Å². The Hall–Kier alpha value is -2.07. The van der Waals surface area contributed by atoms with Crippen molar-refractivity contribution in [1.29, 1.82) is 0 Å². The minimum absolute atomic E-state index is 0.0377. The summed E-state index contributed by atoms with van der Waals surface area (Å²) in [6.07, 6.45) is 3.48. The molecular weight excluding hydrogens is 238 g/mol. The molecule has 4 nitrogen and oxygen atoms in total. The third-order valence-corrected chi connectivity index (χ3v) is 3.19. The molecule has 0 amide bonds. The standard InChI is InChI=1S/C15H19N3O/c1-10-4-5-11(14(8-10)19-3)15(17-2)12-9-18-7-6-13(12)16/h4-9,15,17H,1-3H3,(H2,16,18). The molecule has 0 saturated carbocycles. The van der Waals surface area contributed by atoms with Crippen molar-refractivity contribution in [1.82, 2.24) is 10.3 Å². The minimum Gasteiger partial charge on any atom is -0.496 e. The van der Waals surface area contributed by atoms with Gasteiger partial charge in [0.2, 0.25) is 0 Å². The van der Waals surface area contributed by atoms with Crippen molar-refractivity contribution in [3.05, 3.63) is 53.3 Å². The van der Waals surface area contributed by atoms with Crippen molar-refractivity contribution in [2.45, 2.75) is 13.0 Å². The van der Waals surface area contributed by atoms with Crippen LogP contribution in [0.3, 0.4) is 0 Å². The van der Waals surface area contributed by atoms with E-state index < -0.39 is 0 Å². The minimum atomic E-state index is -0.0377. The van der Waals surface area contributed by atoms with Gasteiger partial charge in [-0.05, 0) is 31.7 Å². The molecule has 0 aliphatic rings. The number of hydrogen-bond acceptors (Lipinski definition) is 4. The lowest BCUT2D eigenvalue weighted by atomic mass is 9.97. The fraction of sp³-hybridized carbons (Fsp3) is 0.267. The molecule has 0 aliphatic carbocycles. The topological polar surface area (TPSA) is 60.2 Å². The van der Waals surface area contributed by atoms with Gasteiger partial charge in [0.1, 0.15) is 5.75 Å². The molecule has 1 heterocycles. The Balaban J connectivity index is 2.51. The molecule has 2 rings (SSSR count). The zero-order valence-electron chi connectivity index (χ0n) is 11.5. The van der Waals surface area contributed by atoms with Crippen LogP contribution in [-0.2, 0) is 0 Å². The summed E-state index contributed by atoms with van der Waals surface area (Å²) in [6, 6.07) is 7.91. The van der Waals surface area contributed by atoms with E-state index in [-0.39, 0.29) is 6.04 Å². The molecule has 3 N–H and O–H groups in total. The van der Waals surface area contributed by atoms with Gasteiger partial charge in [0, 0.05) is 29.2 Å². The molecule has 1 aromatic carbocycles. The first-order chi connectivity index (χ1) is 9.17. The highest BCUT2D eigenvalue weighted by Crippen LogP contribution is 2.32. The second-order valence-electron chi connectivity index (χ2n) is 4.47. The van der Waals surface area contributed by atoms with Crippen LogP contribution < -0.4 is 15.8 Å². The van der Waals surface area contributed by atoms with Gasteiger partial charge < -0.3 is 15.8 Å². The van der Waals surface area contributed by atoms with Gasteiger partial charge in [0.05, 0.1) is 13.2 Å². The van der Waals surface area contributed by atoms with Crippen molar-refractivity contribution in [3.63, 3.8) is 0 Å². The summed E-state index contributed by atoms with van der Waals surface area (Å²) in [5.74, 6) is 0.850. The third-order valence-electron chi connectivity index (χ3n) is 3.19. The van der Waals surface area contributed by atoms with Gasteiger partial charge in [0.15, 0.2) is 0 Å². The molecule has 0 spiro atoms. The number of pyridine rings is 1. The number of rotatable bonds is 4. The molecule has 0 bridgehead atoms. The van der Waals surface area contributed by atoms with Crippen LogP contribution in [0.2, 0.25) is 0 Å². The molecule has 0 radical (unpaired) electrons. The molecule has 1 unspecified atom stereocenters. The first kappa shape index (κ1) is 13.4. The van der Waals surface area contributed by atoms with Crippen LogP contribution in [0.5, 0.6) is 5.75 Å². The predicted molar refractivity (Wildman–Crippen MR) is 77.3 cm³/mol. The smallest absolute Gasteiger partial charge is 0.124 e. The zero-order chi connectivity index (χ0) is 13.8. The summed E-state index contributed by atoms with van der Waals surface area (Å²) < 4.78 is 5.47. The van der Waals surface area contributed by atoms with Crippen LogP contribution in [-0.4, -0.2) is 19.1 Å². The van der Waals surface area contributed by atoms with E-state index in [1.165, 1.54) is 0 Å². The van der Waals surface area contributed by atoms with E-state index in [2.05, 4.69) is 22.4 Å². The highest BCUT2D eigenvalue weighted by atomic mass is 16.5. The fourth-order valence-corrected chi connectivity index (χ4v) is 2.19. The molecular formula is C15H19N3O. The van der Waals surface area contributed by atoms with Crippen LogP contribution in [0.1, 0.15) is 22.7 Å². The summed E-state index contributed by atoms with van der Waals surface area (Å²) in [6.45, 7) is 2.04. The summed E-state index contributed by atoms with van der Waals surface area (Å²) in [7, 11) is 3.58. The van der Waals surface area contributed by atoms with Crippen LogP contribution in [0, 0.1) is 6.92 Å². The van der Waals surface area contributed by atoms with E-state index in [0.717, 1.165) is 28.1 Å². The molecule has 0 aliphatic heterocycles. The molecule has 4 heteroatoms. The van der Waals surface area contributed by atoms with Crippen molar-refractivity contribution < 1.29 is 4.74 Å². The SMILES string of the molecule is CNC(c1cnccc1N)c1ccc(C)cc1OC. The quantitative estimate of drug-likeness (QED) is 0.882. The Kier molecular flexibility index (Phi) is 4.02. The number of anilines is 1. The Morgan fingerprint density at radius 2 is 2.05 bits per heavy atom. The average Bonchev–Trinajstić information content (AvgIpc) is 2.43. The number of nitrogen functional groups attached to an aromatic ring is 1. The van der Waals surface area contributed by atoms with E-state index in [4.69, 9.17) is 10.5 Å². The number of nitrogens with zero attached hydrogens (tertiary/aromatic N) is 1. The maximum absolute atomic E-state index is 6.03. The Morgan fingerprint density at radius 3 is 2.68 bits per heavy atom. The van der Waals surface area contributed by atoms with E-state index in [1.54, 1.807) is 25.6 Å². The van der Waals surface area contributed by atoms with Gasteiger partial charge >= 0.3 is 0 Å². The number of nitrogens with one attached hydrogen (secondary N) is 1. The fourth-order valence-electron chi connectivity index (χ4n) is 2.19. The lowest BCUT2D eigenvalue weighted by molar-refractivity contribution is 0.405. The second-order valence-corrected chi connectivity index (χ2v) is 4.47. The molecule has 1 atom stereocenters. The maximum atomic E-state index is 6.03. The van der Waals surface area contributed by atoms with E-state index >= 15 is 0 Å². The molecule has 2 aromatic rings. The second kappa shape index (κ2) is 5.71. The van der Waals surface area contributed by atoms with Crippen LogP contribution in [0.15, 0.2) is 36.7 Å². The van der Waals surface area contributed by atoms with E-state index in [0.29, 0.717) is 0 Å². The van der Waals surface area contributed by atoms with Gasteiger partial charge in [0.25, 0.3) is 0 Å². The summed E-state index contributed by atoms with van der Waals surface area (Å²) in [5.41, 5.74) is 9.92. The van der Waals surface area contributed by atoms with Gasteiger partial charge in [-0.2, -0.15) is 0 Å². The first-order valence-electron chi connectivity index (χ1n) is 6.18. The number of aryl methyl sites for hydroxylation is 1. The Bertz CT molecular complexity index is 569. The number of hydrogen-bond donors (Lipinski definition) is 2. The normalized spacial score (nSPS) is 12.2. The van der Waals surface area contributed by atoms with Crippen molar-refractivity contribution in [2.24, 2.45) is 0 Å². The molecule has 1 aromatic heterocycles. The third kappa shape index (κ3) is 2.69. The lowest BCUT2D eigenvalue weighted by Gasteiger charge is -2.21. The zero-order valence-corrected chi connectivity index (χ0v) is 11.5. The molecule has 19 heavy (non-hydrogen) atoms. The number of aromatic nitrogens is 1. The van der Waals surface area contributed by atoms with E-state index in [1.807, 2.05) is 20.0 Å². The van der Waals surface area contributed by atoms with Crippen molar-refractivity contribution in [3.8, 4) is 5.75 Å². The van der Waals surface area contributed by atoms with Crippen LogP contribution in [0.25, 0.3) is 0 Å². The monoisotopic (exact) mass is 257 g/mol. The van der Waals surface area contributed by atoms with Crippen molar-refractivity contribution >= 4 is 5.69 Å². The lowest BCUT2D eigenvalue weighted by Crippen LogP contribution is -2.20. The number of methoxy groups -OCH3 is 1. The number of benzene rings is 1. The summed E-state index contributed by atoms with van der Waals surface area (Å²) >= 11 is 0. The van der Waals surface area contributed by atoms with Crippen LogP contribution in [0.4, 0.5) is 5.69 Å². The van der Waals surface area contributed by atoms with Gasteiger partial charge in [-0.1, -0.05) is 12.1 Å². The summed E-state index contributed by atoms with van der Waals surface area (Å²) in [5, 5.41) is 3.27. The molecule has 0 fully saturated rings. The average molecular weight is 257 g/mol. The number of ether oxygens (including phenoxy) is 1. The van der Waals surface area contributed by atoms with Gasteiger partial charge in [-0.15, -0.1) is 0 Å². The maximum Gasteiger partial charge on any atom is 0.124 e.